The molecule has 0 amide bonds. The van der Waals surface area contributed by atoms with E-state index in [0.29, 0.717) is 5.56 Å². The van der Waals surface area contributed by atoms with Crippen molar-refractivity contribution in [3.8, 4) is 0 Å². The fraction of sp³-hybridized carbons (Fsp3) is 0.524. The van der Waals surface area contributed by atoms with Gasteiger partial charge in [-0.15, -0.1) is 0 Å². The van der Waals surface area contributed by atoms with E-state index in [1.54, 1.807) is 6.08 Å². The van der Waals surface area contributed by atoms with Crippen LogP contribution in [-0.2, 0) is 11.2 Å². The molecule has 1 fully saturated rings. The highest BCUT2D eigenvalue weighted by atomic mass is 16.1. The molecule has 3 heteroatoms. The molecule has 24 heavy (non-hydrogen) atoms. The highest BCUT2D eigenvalue weighted by Gasteiger charge is 2.29. The number of allylic oxidation sites excluding steroid dienone is 1. The summed E-state index contributed by atoms with van der Waals surface area (Å²) in [6.07, 6.45) is 9.15. The number of hydrogen-bond donors (Lipinski definition) is 1. The number of rotatable bonds is 3. The summed E-state index contributed by atoms with van der Waals surface area (Å²) in [5.74, 6) is 0.395. The first-order valence-electron chi connectivity index (χ1n) is 9.02. The average molecular weight is 325 g/mol. The molecule has 1 aromatic rings. The van der Waals surface area contributed by atoms with Crippen LogP contribution in [0, 0.1) is 12.8 Å². The molecule has 0 unspecified atom stereocenters. The van der Waals surface area contributed by atoms with Gasteiger partial charge >= 0.3 is 0 Å². The van der Waals surface area contributed by atoms with Crippen LogP contribution >= 0.6 is 0 Å². The first-order valence-corrected chi connectivity index (χ1v) is 9.02. The van der Waals surface area contributed by atoms with Crippen molar-refractivity contribution in [3.05, 3.63) is 40.5 Å². The average Bonchev–Trinajstić information content (AvgIpc) is 2.54. The molecule has 0 bridgehead atoms. The predicted octanol–water partition coefficient (Wildman–Crippen LogP) is 4.22. The van der Waals surface area contributed by atoms with Gasteiger partial charge in [0.15, 0.2) is 5.78 Å². The minimum atomic E-state index is -0.0964. The Kier molecular flexibility index (Phi) is 4.62. The zero-order valence-electron chi connectivity index (χ0n) is 14.9. The van der Waals surface area contributed by atoms with Gasteiger partial charge in [-0.05, 0) is 57.2 Å². The summed E-state index contributed by atoms with van der Waals surface area (Å²) in [6.45, 7) is 6.27. The maximum Gasteiger partial charge on any atom is 0.160 e. The summed E-state index contributed by atoms with van der Waals surface area (Å²) in [7, 11) is 0. The van der Waals surface area contributed by atoms with E-state index in [9.17, 15) is 9.59 Å². The lowest BCUT2D eigenvalue weighted by atomic mass is 9.82. The summed E-state index contributed by atoms with van der Waals surface area (Å²) < 4.78 is 0. The van der Waals surface area contributed by atoms with Gasteiger partial charge in [0.05, 0.1) is 0 Å². The van der Waals surface area contributed by atoms with E-state index in [1.165, 1.54) is 12.0 Å². The second kappa shape index (κ2) is 6.54. The van der Waals surface area contributed by atoms with Crippen LogP contribution in [0.3, 0.4) is 0 Å². The molecule has 2 aliphatic rings. The van der Waals surface area contributed by atoms with Crippen molar-refractivity contribution in [2.24, 2.45) is 5.92 Å². The van der Waals surface area contributed by atoms with Crippen molar-refractivity contribution < 1.29 is 9.59 Å². The van der Waals surface area contributed by atoms with Gasteiger partial charge in [0, 0.05) is 34.4 Å². The first kappa shape index (κ1) is 16.9. The number of fused-ring (bicyclic) bond motifs is 1. The van der Waals surface area contributed by atoms with Gasteiger partial charge in [-0.25, -0.2) is 0 Å². The van der Waals surface area contributed by atoms with Crippen LogP contribution < -0.4 is 5.32 Å². The summed E-state index contributed by atoms with van der Waals surface area (Å²) in [5, 5.41) is 3.51. The smallest absolute Gasteiger partial charge is 0.160 e. The molecular formula is C21H27NO2. The van der Waals surface area contributed by atoms with Crippen LogP contribution in [0.5, 0.6) is 0 Å². The Morgan fingerprint density at radius 1 is 1.21 bits per heavy atom. The minimum Gasteiger partial charge on any atom is -0.379 e. The van der Waals surface area contributed by atoms with Gasteiger partial charge in [0.2, 0.25) is 0 Å². The Labute approximate surface area is 144 Å². The van der Waals surface area contributed by atoms with Gasteiger partial charge in [-0.3, -0.25) is 9.59 Å². The zero-order chi connectivity index (χ0) is 17.3. The van der Waals surface area contributed by atoms with Crippen LogP contribution in [-0.4, -0.2) is 17.6 Å². The van der Waals surface area contributed by atoms with E-state index in [2.05, 4.69) is 25.2 Å². The highest BCUT2D eigenvalue weighted by Crippen LogP contribution is 2.33. The third-order valence-electron chi connectivity index (χ3n) is 5.31. The molecule has 0 spiro atoms. The number of hydrogen-bond acceptors (Lipinski definition) is 3. The highest BCUT2D eigenvalue weighted by molar-refractivity contribution is 5.99. The van der Waals surface area contributed by atoms with E-state index in [-0.39, 0.29) is 17.2 Å². The molecule has 1 aromatic carbocycles. The van der Waals surface area contributed by atoms with E-state index < -0.39 is 0 Å². The van der Waals surface area contributed by atoms with Crippen LogP contribution in [0.1, 0.15) is 73.0 Å². The van der Waals surface area contributed by atoms with E-state index in [1.807, 2.05) is 13.0 Å². The SMILES string of the molecule is Cc1cc2c(cc1C=O)/C(=C/C(=O)C1CCCCC1)NC(C)(C)C2. The van der Waals surface area contributed by atoms with Crippen molar-refractivity contribution in [1.82, 2.24) is 5.32 Å². The summed E-state index contributed by atoms with van der Waals surface area (Å²) >= 11 is 0. The maximum atomic E-state index is 12.7. The lowest BCUT2D eigenvalue weighted by molar-refractivity contribution is -0.119. The van der Waals surface area contributed by atoms with E-state index >= 15 is 0 Å². The Morgan fingerprint density at radius 2 is 1.92 bits per heavy atom. The second-order valence-corrected chi connectivity index (χ2v) is 7.96. The maximum absolute atomic E-state index is 12.7. The van der Waals surface area contributed by atoms with Crippen LogP contribution in [0.4, 0.5) is 0 Å². The first-order chi connectivity index (χ1) is 11.4. The number of benzene rings is 1. The molecule has 1 aliphatic heterocycles. The van der Waals surface area contributed by atoms with E-state index in [4.69, 9.17) is 0 Å². The molecule has 1 N–H and O–H groups in total. The van der Waals surface area contributed by atoms with Crippen molar-refractivity contribution in [2.45, 2.75) is 64.8 Å². The van der Waals surface area contributed by atoms with Gasteiger partial charge in [0.1, 0.15) is 6.29 Å². The second-order valence-electron chi connectivity index (χ2n) is 7.96. The lowest BCUT2D eigenvalue weighted by Crippen LogP contribution is -2.44. The van der Waals surface area contributed by atoms with Crippen LogP contribution in [0.25, 0.3) is 5.70 Å². The molecule has 3 nitrogen and oxygen atoms in total. The van der Waals surface area contributed by atoms with E-state index in [0.717, 1.165) is 55.2 Å². The van der Waals surface area contributed by atoms with Crippen molar-refractivity contribution in [3.63, 3.8) is 0 Å². The summed E-state index contributed by atoms with van der Waals surface area (Å²) in [6, 6.07) is 4.03. The molecule has 0 saturated heterocycles. The number of ketones is 1. The Hall–Kier alpha value is -1.90. The van der Waals surface area contributed by atoms with Crippen molar-refractivity contribution in [2.75, 3.05) is 0 Å². The van der Waals surface area contributed by atoms with Gasteiger partial charge < -0.3 is 5.32 Å². The quantitative estimate of drug-likeness (QED) is 0.668. The molecule has 1 saturated carbocycles. The fourth-order valence-corrected chi connectivity index (χ4v) is 4.02. The molecule has 1 aliphatic carbocycles. The Morgan fingerprint density at radius 3 is 2.58 bits per heavy atom. The van der Waals surface area contributed by atoms with Gasteiger partial charge in [-0.1, -0.05) is 25.3 Å². The molecule has 0 atom stereocenters. The van der Waals surface area contributed by atoms with Gasteiger partial charge in [-0.2, -0.15) is 0 Å². The fourth-order valence-electron chi connectivity index (χ4n) is 4.02. The number of carbonyl (C=O) groups is 2. The monoisotopic (exact) mass is 325 g/mol. The molecule has 1 heterocycles. The Balaban J connectivity index is 1.99. The number of carbonyl (C=O) groups excluding carboxylic acids is 2. The number of aryl methyl sites for hydroxylation is 1. The number of nitrogens with one attached hydrogen (secondary N) is 1. The van der Waals surface area contributed by atoms with Gasteiger partial charge in [0.25, 0.3) is 0 Å². The largest absolute Gasteiger partial charge is 0.379 e. The molecule has 0 aromatic heterocycles. The van der Waals surface area contributed by atoms with Crippen LogP contribution in [0.15, 0.2) is 18.2 Å². The Bertz CT molecular complexity index is 694. The summed E-state index contributed by atoms with van der Waals surface area (Å²) in [4.78, 5) is 24.0. The third-order valence-corrected chi connectivity index (χ3v) is 5.31. The molecule has 3 rings (SSSR count). The molecule has 0 radical (unpaired) electrons. The topological polar surface area (TPSA) is 46.2 Å². The standard InChI is InChI=1S/C21H27NO2/c1-14-9-16-12-21(2,3)22-19(18(16)10-17(14)13-23)11-20(24)15-7-5-4-6-8-15/h9-11,13,15,22H,4-8,12H2,1-3H3/b19-11-. The van der Waals surface area contributed by atoms with Crippen molar-refractivity contribution >= 4 is 17.8 Å². The third kappa shape index (κ3) is 3.45. The zero-order valence-corrected chi connectivity index (χ0v) is 14.9. The lowest BCUT2D eigenvalue weighted by Gasteiger charge is -2.36. The molecular weight excluding hydrogens is 298 g/mol. The summed E-state index contributed by atoms with van der Waals surface area (Å²) in [5.41, 5.74) is 4.70. The van der Waals surface area contributed by atoms with Crippen molar-refractivity contribution in [1.29, 1.82) is 0 Å². The normalized spacial score (nSPS) is 21.9. The minimum absolute atomic E-state index is 0.0964. The number of aldehydes is 1. The van der Waals surface area contributed by atoms with Crippen LogP contribution in [0.2, 0.25) is 0 Å². The molecule has 128 valence electrons. The predicted molar refractivity (Wildman–Crippen MR) is 97.0 cm³/mol.